The van der Waals surface area contributed by atoms with E-state index < -0.39 is 37.3 Å². The van der Waals surface area contributed by atoms with E-state index in [9.17, 15) is 20.1 Å². The molecule has 21 heavy (non-hydrogen) atoms. The van der Waals surface area contributed by atoms with Gasteiger partial charge in [-0.15, -0.1) is 0 Å². The summed E-state index contributed by atoms with van der Waals surface area (Å²) in [6.07, 6.45) is 0.887. The highest BCUT2D eigenvalue weighted by molar-refractivity contribution is 5.73. The molecule has 7 nitrogen and oxygen atoms in total. The lowest BCUT2D eigenvalue weighted by Crippen LogP contribution is -2.65. The summed E-state index contributed by atoms with van der Waals surface area (Å²) < 4.78 is 11.4. The van der Waals surface area contributed by atoms with Crippen molar-refractivity contribution in [1.82, 2.24) is 5.32 Å². The van der Waals surface area contributed by atoms with Gasteiger partial charge in [0.25, 0.3) is 0 Å². The third-order valence-corrected chi connectivity index (χ3v) is 4.13. The van der Waals surface area contributed by atoms with Crippen LogP contribution in [-0.4, -0.2) is 64.6 Å². The number of nitrogens with one attached hydrogen (secondary N) is 1. The summed E-state index contributed by atoms with van der Waals surface area (Å²) >= 11 is 0. The van der Waals surface area contributed by atoms with Crippen molar-refractivity contribution >= 4 is 5.91 Å². The topological polar surface area (TPSA) is 108 Å². The standard InChI is InChI=1S/C14H25NO6/c1-8(17)15-11-13(19)12(18)10(7-16)21-14(11)20-9-5-3-2-4-6-9/h9-14,16,18-19H,2-7H2,1H3,(H,15,17)/t10-,11+,12-,13+,14-/m1/s1. The van der Waals surface area contributed by atoms with Gasteiger partial charge in [-0.05, 0) is 12.8 Å². The molecule has 0 unspecified atom stereocenters. The van der Waals surface area contributed by atoms with Crippen molar-refractivity contribution in [2.45, 2.75) is 75.8 Å². The number of hydrogen-bond acceptors (Lipinski definition) is 6. The largest absolute Gasteiger partial charge is 0.394 e. The third-order valence-electron chi connectivity index (χ3n) is 4.13. The Kier molecular flexibility index (Phi) is 5.95. The fourth-order valence-corrected chi connectivity index (χ4v) is 2.98. The quantitative estimate of drug-likeness (QED) is 0.546. The fourth-order valence-electron chi connectivity index (χ4n) is 2.98. The van der Waals surface area contributed by atoms with Crippen molar-refractivity contribution in [2.24, 2.45) is 0 Å². The Morgan fingerprint density at radius 1 is 1.24 bits per heavy atom. The van der Waals surface area contributed by atoms with Crippen LogP contribution in [-0.2, 0) is 14.3 Å². The van der Waals surface area contributed by atoms with Crippen molar-refractivity contribution in [2.75, 3.05) is 6.61 Å². The van der Waals surface area contributed by atoms with Gasteiger partial charge in [-0.1, -0.05) is 19.3 Å². The van der Waals surface area contributed by atoms with E-state index in [0.717, 1.165) is 25.7 Å². The molecular formula is C14H25NO6. The number of ether oxygens (including phenoxy) is 2. The van der Waals surface area contributed by atoms with Crippen LogP contribution >= 0.6 is 0 Å². The molecule has 0 aromatic carbocycles. The van der Waals surface area contributed by atoms with Crippen molar-refractivity contribution in [3.05, 3.63) is 0 Å². The molecule has 1 aliphatic heterocycles. The number of carbonyl (C=O) groups is 1. The first-order chi connectivity index (χ1) is 10.0. The number of hydrogen-bond donors (Lipinski definition) is 4. The van der Waals surface area contributed by atoms with E-state index in [1.54, 1.807) is 0 Å². The Morgan fingerprint density at radius 3 is 2.48 bits per heavy atom. The molecule has 2 aliphatic rings. The van der Waals surface area contributed by atoms with E-state index in [0.29, 0.717) is 0 Å². The Balaban J connectivity index is 2.06. The number of carbonyl (C=O) groups excluding carboxylic acids is 1. The molecule has 5 atom stereocenters. The second-order valence-corrected chi connectivity index (χ2v) is 5.83. The van der Waals surface area contributed by atoms with Gasteiger partial charge in [-0.3, -0.25) is 4.79 Å². The van der Waals surface area contributed by atoms with Crippen LogP contribution in [0.3, 0.4) is 0 Å². The van der Waals surface area contributed by atoms with Crippen LogP contribution in [0.1, 0.15) is 39.0 Å². The van der Waals surface area contributed by atoms with Gasteiger partial charge in [0.05, 0.1) is 12.7 Å². The van der Waals surface area contributed by atoms with Gasteiger partial charge < -0.3 is 30.1 Å². The van der Waals surface area contributed by atoms with E-state index in [1.807, 2.05) is 0 Å². The average molecular weight is 303 g/mol. The van der Waals surface area contributed by atoms with Crippen LogP contribution in [0.25, 0.3) is 0 Å². The van der Waals surface area contributed by atoms with Crippen molar-refractivity contribution in [3.8, 4) is 0 Å². The predicted molar refractivity (Wildman–Crippen MR) is 73.3 cm³/mol. The van der Waals surface area contributed by atoms with Crippen molar-refractivity contribution in [3.63, 3.8) is 0 Å². The van der Waals surface area contributed by atoms with Crippen LogP contribution in [0.15, 0.2) is 0 Å². The Bertz CT molecular complexity index is 346. The monoisotopic (exact) mass is 303 g/mol. The molecule has 1 saturated heterocycles. The van der Waals surface area contributed by atoms with Crippen LogP contribution in [0.2, 0.25) is 0 Å². The lowest BCUT2D eigenvalue weighted by Gasteiger charge is -2.43. The third kappa shape index (κ3) is 4.14. The van der Waals surface area contributed by atoms with Crippen LogP contribution in [0, 0.1) is 0 Å². The molecule has 0 aromatic rings. The molecular weight excluding hydrogens is 278 g/mol. The normalized spacial score (nSPS) is 38.2. The molecule has 2 rings (SSSR count). The SMILES string of the molecule is CC(=O)N[C@@H]1[C@H](OC2CCCCC2)O[C@H](CO)[C@@H](O)[C@H]1O. The molecule has 2 fully saturated rings. The summed E-state index contributed by atoms with van der Waals surface area (Å²) in [7, 11) is 0. The molecule has 0 spiro atoms. The van der Waals surface area contributed by atoms with E-state index in [1.165, 1.54) is 13.3 Å². The van der Waals surface area contributed by atoms with Gasteiger partial charge in [0.2, 0.25) is 5.91 Å². The lowest BCUT2D eigenvalue weighted by molar-refractivity contribution is -0.283. The summed E-state index contributed by atoms with van der Waals surface area (Å²) in [5.41, 5.74) is 0. The Hall–Kier alpha value is -0.730. The highest BCUT2D eigenvalue weighted by atomic mass is 16.7. The highest BCUT2D eigenvalue weighted by Gasteiger charge is 2.46. The van der Waals surface area contributed by atoms with Crippen molar-refractivity contribution in [1.29, 1.82) is 0 Å². The average Bonchev–Trinajstić information content (AvgIpc) is 2.47. The maximum atomic E-state index is 11.3. The maximum Gasteiger partial charge on any atom is 0.217 e. The van der Waals surface area contributed by atoms with Crippen LogP contribution in [0.5, 0.6) is 0 Å². The zero-order valence-corrected chi connectivity index (χ0v) is 12.3. The first-order valence-corrected chi connectivity index (χ1v) is 7.58. The van der Waals surface area contributed by atoms with Crippen LogP contribution < -0.4 is 5.32 Å². The van der Waals surface area contributed by atoms with E-state index in [-0.39, 0.29) is 12.0 Å². The van der Waals surface area contributed by atoms with Crippen molar-refractivity contribution < 1.29 is 29.6 Å². The molecule has 0 aromatic heterocycles. The first-order valence-electron chi connectivity index (χ1n) is 7.58. The molecule has 1 heterocycles. The smallest absolute Gasteiger partial charge is 0.217 e. The van der Waals surface area contributed by atoms with E-state index in [2.05, 4.69) is 5.32 Å². The maximum absolute atomic E-state index is 11.3. The summed E-state index contributed by atoms with van der Waals surface area (Å²) in [4.78, 5) is 11.3. The van der Waals surface area contributed by atoms with Crippen LogP contribution in [0.4, 0.5) is 0 Å². The Labute approximate surface area is 124 Å². The summed E-state index contributed by atoms with van der Waals surface area (Å²) in [6, 6.07) is -0.845. The summed E-state index contributed by atoms with van der Waals surface area (Å²) in [5, 5.41) is 31.9. The fraction of sp³-hybridized carbons (Fsp3) is 0.929. The van der Waals surface area contributed by atoms with E-state index in [4.69, 9.17) is 9.47 Å². The molecule has 1 saturated carbocycles. The molecule has 122 valence electrons. The summed E-state index contributed by atoms with van der Waals surface area (Å²) in [6.45, 7) is 0.907. The van der Waals surface area contributed by atoms with Gasteiger partial charge in [0, 0.05) is 6.92 Å². The number of aliphatic hydroxyl groups excluding tert-OH is 3. The Morgan fingerprint density at radius 2 is 1.90 bits per heavy atom. The van der Waals surface area contributed by atoms with Gasteiger partial charge >= 0.3 is 0 Å². The van der Waals surface area contributed by atoms with Gasteiger partial charge in [0.1, 0.15) is 24.4 Å². The molecule has 7 heteroatoms. The number of aliphatic hydroxyl groups is 3. The molecule has 4 N–H and O–H groups in total. The minimum absolute atomic E-state index is 0.0155. The second-order valence-electron chi connectivity index (χ2n) is 5.83. The minimum atomic E-state index is -1.27. The predicted octanol–water partition coefficient (Wildman–Crippen LogP) is -0.721. The molecule has 1 aliphatic carbocycles. The number of rotatable bonds is 4. The highest BCUT2D eigenvalue weighted by Crippen LogP contribution is 2.27. The zero-order chi connectivity index (χ0) is 15.4. The first kappa shape index (κ1) is 16.6. The lowest BCUT2D eigenvalue weighted by atomic mass is 9.95. The van der Waals surface area contributed by atoms with Gasteiger partial charge in [-0.2, -0.15) is 0 Å². The zero-order valence-electron chi connectivity index (χ0n) is 12.3. The molecule has 0 bridgehead atoms. The van der Waals surface area contributed by atoms with Gasteiger partial charge in [-0.25, -0.2) is 0 Å². The summed E-state index contributed by atoms with van der Waals surface area (Å²) in [5.74, 6) is -0.338. The second kappa shape index (κ2) is 7.51. The number of amides is 1. The molecule has 0 radical (unpaired) electrons. The van der Waals surface area contributed by atoms with Gasteiger partial charge in [0.15, 0.2) is 6.29 Å². The minimum Gasteiger partial charge on any atom is -0.394 e. The molecule has 1 amide bonds. The van der Waals surface area contributed by atoms with E-state index >= 15 is 0 Å².